The van der Waals surface area contributed by atoms with Gasteiger partial charge < -0.3 is 0 Å². The summed E-state index contributed by atoms with van der Waals surface area (Å²) in [6, 6.07) is -0.0684. The number of rotatable bonds is 1. The quantitative estimate of drug-likeness (QED) is 0.599. The number of nitrogens with zero attached hydrogens (tertiary/aromatic N) is 1. The third kappa shape index (κ3) is 1.56. The van der Waals surface area contributed by atoms with Crippen molar-refractivity contribution in [2.24, 2.45) is 0 Å². The highest BCUT2D eigenvalue weighted by atomic mass is 32.2. The molecule has 7 heteroatoms. The lowest BCUT2D eigenvalue weighted by atomic mass is 10.1. The summed E-state index contributed by atoms with van der Waals surface area (Å²) in [5, 5.41) is 1.23. The lowest BCUT2D eigenvalue weighted by Gasteiger charge is -2.33. The molecule has 2 fully saturated rings. The third-order valence-corrected chi connectivity index (χ3v) is 2.80. The van der Waals surface area contributed by atoms with Crippen LogP contribution in [0.15, 0.2) is 0 Å². The van der Waals surface area contributed by atoms with E-state index < -0.39 is 23.6 Å². The number of fused-ring (bicyclic) bond motifs is 1. The molecule has 3 atom stereocenters. The standard InChI is InChI=1S/C7H11NO5S/c1-4(2)8-7(9)6-5(3-11-8)12-14(10)13-6/h4-6H,3H2,1-2H3/t5-,6?,14?/m1/s1. The Morgan fingerprint density at radius 2 is 2.21 bits per heavy atom. The molecule has 2 saturated heterocycles. The van der Waals surface area contributed by atoms with E-state index in [1.165, 1.54) is 5.06 Å². The summed E-state index contributed by atoms with van der Waals surface area (Å²) in [6.07, 6.45) is -1.33. The minimum atomic E-state index is -1.82. The van der Waals surface area contributed by atoms with E-state index in [0.717, 1.165) is 0 Å². The molecule has 6 nitrogen and oxygen atoms in total. The van der Waals surface area contributed by atoms with Crippen molar-refractivity contribution in [3.63, 3.8) is 0 Å². The summed E-state index contributed by atoms with van der Waals surface area (Å²) in [4.78, 5) is 16.8. The second kappa shape index (κ2) is 3.58. The largest absolute Gasteiger partial charge is 0.305 e. The van der Waals surface area contributed by atoms with Crippen molar-refractivity contribution >= 4 is 17.3 Å². The van der Waals surface area contributed by atoms with Crippen molar-refractivity contribution in [3.05, 3.63) is 0 Å². The molecule has 2 aliphatic rings. The fourth-order valence-electron chi connectivity index (χ4n) is 1.38. The summed E-state index contributed by atoms with van der Waals surface area (Å²) in [6.45, 7) is 3.84. The minimum Gasteiger partial charge on any atom is -0.269 e. The van der Waals surface area contributed by atoms with Crippen LogP contribution >= 0.6 is 0 Å². The Bertz CT molecular complexity index is 281. The lowest BCUT2D eigenvalue weighted by molar-refractivity contribution is -0.230. The number of carbonyl (C=O) groups is 1. The van der Waals surface area contributed by atoms with E-state index in [-0.39, 0.29) is 18.6 Å². The maximum absolute atomic E-state index is 11.7. The Labute approximate surface area is 83.9 Å². The zero-order chi connectivity index (χ0) is 10.3. The van der Waals surface area contributed by atoms with Gasteiger partial charge in [-0.25, -0.2) is 5.06 Å². The second-order valence-electron chi connectivity index (χ2n) is 3.41. The van der Waals surface area contributed by atoms with Crippen LogP contribution in [-0.4, -0.2) is 40.0 Å². The molecular weight excluding hydrogens is 210 g/mol. The summed E-state index contributed by atoms with van der Waals surface area (Å²) in [5.41, 5.74) is 0. The van der Waals surface area contributed by atoms with Gasteiger partial charge in [-0.2, -0.15) is 4.21 Å². The molecule has 0 aromatic carbocycles. The van der Waals surface area contributed by atoms with Crippen molar-refractivity contribution in [2.75, 3.05) is 6.61 Å². The Kier molecular flexibility index (Phi) is 2.56. The predicted octanol–water partition coefficient (Wildman–Crippen LogP) is -0.469. The van der Waals surface area contributed by atoms with Crippen LogP contribution < -0.4 is 0 Å². The fourth-order valence-corrected chi connectivity index (χ4v) is 2.16. The molecule has 14 heavy (non-hydrogen) atoms. The van der Waals surface area contributed by atoms with E-state index in [0.29, 0.717) is 0 Å². The SMILES string of the molecule is CC(C)N1OC[C@H]2OS(=O)OC2C1=O. The molecule has 1 amide bonds. The van der Waals surface area contributed by atoms with Gasteiger partial charge >= 0.3 is 11.4 Å². The average Bonchev–Trinajstić information content (AvgIpc) is 2.46. The number of hydroxylamine groups is 2. The van der Waals surface area contributed by atoms with Crippen LogP contribution in [0.4, 0.5) is 0 Å². The fraction of sp³-hybridized carbons (Fsp3) is 0.857. The molecule has 0 N–H and O–H groups in total. The molecule has 0 bridgehead atoms. The number of hydrogen-bond acceptors (Lipinski definition) is 5. The van der Waals surface area contributed by atoms with Crippen LogP contribution in [0.1, 0.15) is 13.8 Å². The minimum absolute atomic E-state index is 0.0684. The van der Waals surface area contributed by atoms with Gasteiger partial charge in [-0.05, 0) is 13.8 Å². The molecule has 80 valence electrons. The molecule has 0 radical (unpaired) electrons. The van der Waals surface area contributed by atoms with Crippen molar-refractivity contribution in [3.8, 4) is 0 Å². The van der Waals surface area contributed by atoms with E-state index >= 15 is 0 Å². The van der Waals surface area contributed by atoms with E-state index in [4.69, 9.17) is 13.2 Å². The molecule has 2 aliphatic heterocycles. The molecule has 0 aromatic heterocycles. The first kappa shape index (κ1) is 10.0. The van der Waals surface area contributed by atoms with Gasteiger partial charge in [0.2, 0.25) is 0 Å². The van der Waals surface area contributed by atoms with Gasteiger partial charge in [0.25, 0.3) is 5.91 Å². The molecule has 0 aromatic rings. The molecule has 0 spiro atoms. The highest BCUT2D eigenvalue weighted by Crippen LogP contribution is 2.25. The molecule has 2 unspecified atom stereocenters. The van der Waals surface area contributed by atoms with Gasteiger partial charge in [0.1, 0.15) is 12.7 Å². The molecular formula is C7H11NO5S. The Morgan fingerprint density at radius 3 is 2.86 bits per heavy atom. The van der Waals surface area contributed by atoms with Crippen LogP contribution in [0.3, 0.4) is 0 Å². The van der Waals surface area contributed by atoms with Gasteiger partial charge in [0.15, 0.2) is 6.10 Å². The first-order chi connectivity index (χ1) is 6.59. The van der Waals surface area contributed by atoms with Crippen molar-refractivity contribution in [1.82, 2.24) is 5.06 Å². The summed E-state index contributed by atoms with van der Waals surface area (Å²) in [5.74, 6) is -0.331. The van der Waals surface area contributed by atoms with E-state index in [1.54, 1.807) is 0 Å². The van der Waals surface area contributed by atoms with Gasteiger partial charge in [0.05, 0.1) is 6.04 Å². The van der Waals surface area contributed by atoms with Crippen molar-refractivity contribution < 1.29 is 22.2 Å². The van der Waals surface area contributed by atoms with Gasteiger partial charge in [-0.15, -0.1) is 0 Å². The maximum Gasteiger partial charge on any atom is 0.305 e. The first-order valence-corrected chi connectivity index (χ1v) is 5.31. The summed E-state index contributed by atoms with van der Waals surface area (Å²) in [7, 11) is 0. The summed E-state index contributed by atoms with van der Waals surface area (Å²) >= 11 is -1.82. The van der Waals surface area contributed by atoms with Crippen LogP contribution in [0.25, 0.3) is 0 Å². The Balaban J connectivity index is 2.13. The maximum atomic E-state index is 11.7. The van der Waals surface area contributed by atoms with Gasteiger partial charge in [-0.3, -0.25) is 18.0 Å². The van der Waals surface area contributed by atoms with E-state index in [9.17, 15) is 9.00 Å². The highest BCUT2D eigenvalue weighted by Gasteiger charge is 2.47. The molecule has 0 aliphatic carbocycles. The van der Waals surface area contributed by atoms with E-state index in [1.807, 2.05) is 13.8 Å². The summed E-state index contributed by atoms with van der Waals surface area (Å²) < 4.78 is 20.5. The zero-order valence-electron chi connectivity index (χ0n) is 7.84. The van der Waals surface area contributed by atoms with Crippen LogP contribution in [0.5, 0.6) is 0 Å². The molecule has 2 rings (SSSR count). The normalized spacial score (nSPS) is 37.8. The average molecular weight is 221 g/mol. The van der Waals surface area contributed by atoms with Crippen LogP contribution in [-0.2, 0) is 29.4 Å². The molecule has 0 saturated carbocycles. The van der Waals surface area contributed by atoms with Gasteiger partial charge in [0, 0.05) is 0 Å². The number of hydrogen-bond donors (Lipinski definition) is 0. The first-order valence-electron chi connectivity index (χ1n) is 4.31. The van der Waals surface area contributed by atoms with Crippen molar-refractivity contribution in [1.29, 1.82) is 0 Å². The van der Waals surface area contributed by atoms with E-state index in [2.05, 4.69) is 0 Å². The molecule has 2 heterocycles. The predicted molar refractivity (Wildman–Crippen MR) is 45.8 cm³/mol. The monoisotopic (exact) mass is 221 g/mol. The smallest absolute Gasteiger partial charge is 0.269 e. The zero-order valence-corrected chi connectivity index (χ0v) is 8.65. The number of carbonyl (C=O) groups excluding carboxylic acids is 1. The Hall–Kier alpha value is -0.500. The van der Waals surface area contributed by atoms with Crippen molar-refractivity contribution in [2.45, 2.75) is 32.1 Å². The lowest BCUT2D eigenvalue weighted by Crippen LogP contribution is -2.53. The topological polar surface area (TPSA) is 65.1 Å². The van der Waals surface area contributed by atoms with Crippen LogP contribution in [0.2, 0.25) is 0 Å². The van der Waals surface area contributed by atoms with Crippen LogP contribution in [0, 0.1) is 0 Å². The second-order valence-corrected chi connectivity index (χ2v) is 4.20. The number of amides is 1. The third-order valence-electron chi connectivity index (χ3n) is 2.03. The van der Waals surface area contributed by atoms with Gasteiger partial charge in [-0.1, -0.05) is 0 Å². The Morgan fingerprint density at radius 1 is 1.50 bits per heavy atom. The highest BCUT2D eigenvalue weighted by molar-refractivity contribution is 7.75.